The van der Waals surface area contributed by atoms with Crippen LogP contribution in [-0.4, -0.2) is 16.1 Å². The minimum atomic E-state index is -1.46. The number of fused-ring (bicyclic) bond motifs is 15. The molecule has 2 aliphatic rings. The number of hydrogen-bond donors (Lipinski definition) is 0. The average Bonchev–Trinajstić information content (AvgIpc) is 1.55. The Bertz CT molecular complexity index is 7700. The molecule has 123 heavy (non-hydrogen) atoms. The van der Waals surface area contributed by atoms with Crippen molar-refractivity contribution >= 4 is 181 Å². The first-order valence-electron chi connectivity index (χ1n) is 42.4. The zero-order valence-corrected chi connectivity index (χ0v) is 71.3. The van der Waals surface area contributed by atoms with Gasteiger partial charge in [-0.3, -0.25) is 0 Å². The molecule has 0 radical (unpaired) electrons. The van der Waals surface area contributed by atoms with E-state index in [4.69, 9.17) is 13.9 Å². The molecular formula is C114H86N4O3Si2. The van der Waals surface area contributed by atoms with Gasteiger partial charge in [-0.05, 0) is 211 Å². The number of ether oxygens (including phenoxy) is 2. The molecule has 588 valence electrons. The van der Waals surface area contributed by atoms with E-state index < -0.39 is 16.1 Å². The predicted octanol–water partition coefficient (Wildman–Crippen LogP) is 32.4. The number of furan rings is 1. The van der Waals surface area contributed by atoms with Gasteiger partial charge in [0.15, 0.2) is 5.58 Å². The Balaban J connectivity index is 0.000000147. The maximum Gasteiger partial charge on any atom is 0.159 e. The van der Waals surface area contributed by atoms with Crippen molar-refractivity contribution in [1.82, 2.24) is 0 Å². The van der Waals surface area contributed by atoms with Gasteiger partial charge in [-0.2, -0.15) is 0 Å². The molecule has 7 nitrogen and oxygen atoms in total. The van der Waals surface area contributed by atoms with Crippen LogP contribution in [0.5, 0.6) is 23.0 Å². The van der Waals surface area contributed by atoms with Crippen LogP contribution in [-0.2, 0) is 0 Å². The van der Waals surface area contributed by atoms with Crippen LogP contribution in [0.1, 0.15) is 0 Å². The molecule has 0 saturated carbocycles. The minimum Gasteiger partial charge on any atom is -0.456 e. The first-order valence-corrected chi connectivity index (χ1v) is 49.4. The van der Waals surface area contributed by atoms with Crippen molar-refractivity contribution in [2.24, 2.45) is 0 Å². The minimum absolute atomic E-state index is 0.844. The summed E-state index contributed by atoms with van der Waals surface area (Å²) in [6.07, 6.45) is 0. The van der Waals surface area contributed by atoms with Gasteiger partial charge >= 0.3 is 0 Å². The maximum atomic E-state index is 6.96. The summed E-state index contributed by atoms with van der Waals surface area (Å²) in [6.45, 7) is 14.4. The third-order valence-electron chi connectivity index (χ3n) is 24.7. The van der Waals surface area contributed by atoms with E-state index in [1.165, 1.54) is 70.3 Å². The maximum absolute atomic E-state index is 6.96. The summed E-state index contributed by atoms with van der Waals surface area (Å²) in [5.74, 6) is 3.42. The topological polar surface area (TPSA) is 44.6 Å². The Kier molecular flexibility index (Phi) is 18.2. The summed E-state index contributed by atoms with van der Waals surface area (Å²) in [7, 11) is -2.92. The SMILES string of the molecule is C[Si](C)(C)c1ccc(N(c2ccccc2)c2ccc3c(c2)Oc2cccc4c2c-3cc2c3ccccc3c(N(c3ccccc3)c3cccc5c3oc3ccccc35)cc42)cc1.C[Si](C)(C)c1ccc(N(c2ccccc2)c2ccc3c(c2)Oc2cccc4c2c-3cc2c3ccccc3c(N(c3ccccc3)c3ccccc3-c3ccccc3)cc42)cc1. The largest absolute Gasteiger partial charge is 0.456 e. The van der Waals surface area contributed by atoms with Crippen molar-refractivity contribution in [2.75, 3.05) is 19.6 Å². The van der Waals surface area contributed by atoms with Gasteiger partial charge in [0.05, 0.1) is 38.9 Å². The van der Waals surface area contributed by atoms with E-state index in [1.807, 2.05) is 6.07 Å². The van der Waals surface area contributed by atoms with Gasteiger partial charge in [-0.25, -0.2) is 0 Å². The second-order valence-electron chi connectivity index (χ2n) is 34.3. The Labute approximate surface area is 718 Å². The number of nitrogens with zero attached hydrogens (tertiary/aromatic N) is 4. The second-order valence-corrected chi connectivity index (χ2v) is 44.4. The van der Waals surface area contributed by atoms with Gasteiger partial charge in [0.25, 0.3) is 0 Å². The molecule has 0 spiro atoms. The highest BCUT2D eigenvalue weighted by atomic mass is 28.3. The molecule has 0 bridgehead atoms. The van der Waals surface area contributed by atoms with E-state index in [0.717, 1.165) is 151 Å². The second kappa shape index (κ2) is 30.1. The van der Waals surface area contributed by atoms with E-state index in [2.05, 4.69) is 465 Å². The van der Waals surface area contributed by atoms with Crippen LogP contribution in [0.4, 0.5) is 68.2 Å². The lowest BCUT2D eigenvalue weighted by Crippen LogP contribution is -2.37. The monoisotopic (exact) mass is 1610 g/mol. The van der Waals surface area contributed by atoms with Gasteiger partial charge in [0, 0.05) is 107 Å². The fourth-order valence-electron chi connectivity index (χ4n) is 18.8. The average molecular weight is 1620 g/mol. The fraction of sp³-hybridized carbons (Fsp3) is 0.0526. The van der Waals surface area contributed by atoms with Gasteiger partial charge < -0.3 is 33.5 Å². The summed E-state index contributed by atoms with van der Waals surface area (Å²) in [6, 6.07) is 149. The van der Waals surface area contributed by atoms with Crippen molar-refractivity contribution in [3.8, 4) is 56.4 Å². The normalized spacial score (nSPS) is 12.1. The summed E-state index contributed by atoms with van der Waals surface area (Å²) < 4.78 is 20.6. The van der Waals surface area contributed by atoms with Crippen LogP contribution in [0.2, 0.25) is 39.3 Å². The zero-order chi connectivity index (χ0) is 82.6. The van der Waals surface area contributed by atoms with E-state index in [1.54, 1.807) is 0 Å². The van der Waals surface area contributed by atoms with Crippen molar-refractivity contribution in [3.63, 3.8) is 0 Å². The van der Waals surface area contributed by atoms with E-state index in [-0.39, 0.29) is 0 Å². The standard InChI is InChI=1S/C57H42N2O2Si.C57H44N2OSi/c1-62(2,3)41-31-28-39(29-32-41)58(37-16-6-4-7-17-37)40-30-33-45-50-35-48-42-20-10-11-21-43(42)52(36-49(48)46-23-15-27-54(56(46)50)60-55(45)34-40)59(38-18-8-5-9-19-38)51-25-14-24-47-44-22-12-13-26-53(44)61-57(47)51;1-61(2,3)44-33-30-42(31-34-44)58(40-20-9-5-10-21-40)43-32-35-48-52-37-50-46-25-13-14-26-47(46)54(38-51(50)49-27-17-29-55(57(49)52)60-56(48)36-43)59(41-22-11-6-12-23-41)53-28-16-15-24-45(53)39-18-7-4-8-19-39/h4-36H,1-3H3;4-38H,1-3H3. The summed E-state index contributed by atoms with van der Waals surface area (Å²) >= 11 is 0. The third kappa shape index (κ3) is 13.0. The highest BCUT2D eigenvalue weighted by Gasteiger charge is 2.31. The van der Waals surface area contributed by atoms with E-state index in [9.17, 15) is 0 Å². The number of benzene rings is 20. The Hall–Kier alpha value is -15.0. The molecule has 0 amide bonds. The first kappa shape index (κ1) is 74.3. The highest BCUT2D eigenvalue weighted by Crippen LogP contribution is 2.57. The van der Waals surface area contributed by atoms with Crippen LogP contribution in [0.25, 0.3) is 120 Å². The summed E-state index contributed by atoms with van der Waals surface area (Å²) in [5.41, 5.74) is 21.6. The predicted molar refractivity (Wildman–Crippen MR) is 526 cm³/mol. The van der Waals surface area contributed by atoms with E-state index in [0.29, 0.717) is 0 Å². The third-order valence-corrected chi connectivity index (χ3v) is 28.9. The molecule has 0 unspecified atom stereocenters. The quantitative estimate of drug-likeness (QED) is 0.0748. The first-order chi connectivity index (χ1) is 60.3. The number of rotatable bonds is 15. The number of anilines is 12. The van der Waals surface area contributed by atoms with Gasteiger partial charge in [-0.1, -0.05) is 298 Å². The Morgan fingerprint density at radius 3 is 1.00 bits per heavy atom. The van der Waals surface area contributed by atoms with Crippen LogP contribution >= 0.6 is 0 Å². The summed E-state index contributed by atoms with van der Waals surface area (Å²) in [5, 5.41) is 19.2. The molecule has 0 saturated heterocycles. The Morgan fingerprint density at radius 2 is 0.537 bits per heavy atom. The zero-order valence-electron chi connectivity index (χ0n) is 69.3. The molecule has 0 atom stereocenters. The van der Waals surface area contributed by atoms with Gasteiger partial charge in [-0.15, -0.1) is 0 Å². The summed E-state index contributed by atoms with van der Waals surface area (Å²) in [4.78, 5) is 9.46. The van der Waals surface area contributed by atoms with E-state index >= 15 is 0 Å². The molecule has 1 aromatic heterocycles. The molecule has 3 heterocycles. The lowest BCUT2D eigenvalue weighted by Gasteiger charge is -2.30. The molecule has 2 aliphatic heterocycles. The molecule has 20 aromatic carbocycles. The highest BCUT2D eigenvalue weighted by molar-refractivity contribution is 6.89. The van der Waals surface area contributed by atoms with Crippen molar-refractivity contribution in [3.05, 3.63) is 413 Å². The van der Waals surface area contributed by atoms with Gasteiger partial charge in [0.2, 0.25) is 0 Å². The van der Waals surface area contributed by atoms with Crippen LogP contribution in [0.3, 0.4) is 0 Å². The van der Waals surface area contributed by atoms with Crippen molar-refractivity contribution < 1.29 is 13.9 Å². The van der Waals surface area contributed by atoms with Crippen molar-refractivity contribution in [2.45, 2.75) is 39.3 Å². The lowest BCUT2D eigenvalue weighted by atomic mass is 9.88. The number of para-hydroxylation sites is 7. The van der Waals surface area contributed by atoms with Crippen LogP contribution < -0.4 is 39.4 Å². The molecule has 0 N–H and O–H groups in total. The molecular weight excluding hydrogens is 1530 g/mol. The Morgan fingerprint density at radius 1 is 0.195 bits per heavy atom. The number of hydrogen-bond acceptors (Lipinski definition) is 7. The smallest absolute Gasteiger partial charge is 0.159 e. The molecule has 23 rings (SSSR count). The molecule has 9 heteroatoms. The molecule has 0 aliphatic carbocycles. The molecule has 0 fully saturated rings. The molecule has 21 aromatic rings. The van der Waals surface area contributed by atoms with Crippen molar-refractivity contribution in [1.29, 1.82) is 0 Å². The fourth-order valence-corrected chi connectivity index (χ4v) is 21.1. The van der Waals surface area contributed by atoms with Gasteiger partial charge in [0.1, 0.15) is 28.6 Å². The van der Waals surface area contributed by atoms with Crippen LogP contribution in [0.15, 0.2) is 417 Å². The lowest BCUT2D eigenvalue weighted by molar-refractivity contribution is 0.487. The van der Waals surface area contributed by atoms with Crippen LogP contribution in [0, 0.1) is 0 Å².